The summed E-state index contributed by atoms with van der Waals surface area (Å²) in [6.07, 6.45) is 5.79. The van der Waals surface area contributed by atoms with E-state index in [1.807, 2.05) is 14.1 Å². The molecular formula is C16H30N2O2. The van der Waals surface area contributed by atoms with E-state index in [9.17, 15) is 9.59 Å². The zero-order valence-corrected chi connectivity index (χ0v) is 13.5. The molecule has 1 saturated carbocycles. The van der Waals surface area contributed by atoms with Gasteiger partial charge in [0.15, 0.2) is 0 Å². The molecule has 2 amide bonds. The summed E-state index contributed by atoms with van der Waals surface area (Å²) in [5, 5.41) is 0. The van der Waals surface area contributed by atoms with Crippen molar-refractivity contribution in [3.05, 3.63) is 0 Å². The SMILES string of the molecule is CCCN(C)C(=O)[C@@H]1CCCC[C@H]1C(=O)N(C)CCC. The van der Waals surface area contributed by atoms with E-state index in [-0.39, 0.29) is 23.7 Å². The topological polar surface area (TPSA) is 40.6 Å². The van der Waals surface area contributed by atoms with Crippen LogP contribution in [0.4, 0.5) is 0 Å². The molecule has 0 aromatic carbocycles. The number of nitrogens with zero attached hydrogens (tertiary/aromatic N) is 2. The van der Waals surface area contributed by atoms with Crippen LogP contribution in [0.15, 0.2) is 0 Å². The van der Waals surface area contributed by atoms with Crippen LogP contribution in [0.1, 0.15) is 52.4 Å². The molecule has 0 saturated heterocycles. The predicted molar refractivity (Wildman–Crippen MR) is 81.3 cm³/mol. The maximum Gasteiger partial charge on any atom is 0.226 e. The van der Waals surface area contributed by atoms with Gasteiger partial charge in [-0.3, -0.25) is 9.59 Å². The summed E-state index contributed by atoms with van der Waals surface area (Å²) in [7, 11) is 3.72. The second-order valence-corrected chi connectivity index (χ2v) is 6.02. The quantitative estimate of drug-likeness (QED) is 0.751. The smallest absolute Gasteiger partial charge is 0.226 e. The van der Waals surface area contributed by atoms with Crippen molar-refractivity contribution in [1.82, 2.24) is 9.80 Å². The van der Waals surface area contributed by atoms with Crippen LogP contribution in [0.2, 0.25) is 0 Å². The van der Waals surface area contributed by atoms with E-state index in [1.165, 1.54) is 0 Å². The zero-order chi connectivity index (χ0) is 15.1. The summed E-state index contributed by atoms with van der Waals surface area (Å²) in [5.74, 6) is 0.115. The van der Waals surface area contributed by atoms with Gasteiger partial charge in [-0.25, -0.2) is 0 Å². The van der Waals surface area contributed by atoms with Crippen LogP contribution in [-0.4, -0.2) is 48.8 Å². The van der Waals surface area contributed by atoms with Crippen LogP contribution >= 0.6 is 0 Å². The third-order valence-electron chi connectivity index (χ3n) is 4.27. The van der Waals surface area contributed by atoms with E-state index < -0.39 is 0 Å². The summed E-state index contributed by atoms with van der Waals surface area (Å²) in [4.78, 5) is 28.7. The molecule has 4 heteroatoms. The predicted octanol–water partition coefficient (Wildman–Crippen LogP) is 2.53. The molecule has 0 aromatic rings. The van der Waals surface area contributed by atoms with Crippen LogP contribution < -0.4 is 0 Å². The Morgan fingerprint density at radius 2 is 1.20 bits per heavy atom. The summed E-state index contributed by atoms with van der Waals surface area (Å²) in [6.45, 7) is 5.70. The van der Waals surface area contributed by atoms with E-state index in [0.29, 0.717) is 0 Å². The summed E-state index contributed by atoms with van der Waals surface area (Å²) >= 11 is 0. The van der Waals surface area contributed by atoms with E-state index >= 15 is 0 Å². The number of carbonyl (C=O) groups is 2. The van der Waals surface area contributed by atoms with Crippen molar-refractivity contribution in [2.75, 3.05) is 27.2 Å². The van der Waals surface area contributed by atoms with Gasteiger partial charge in [-0.15, -0.1) is 0 Å². The molecular weight excluding hydrogens is 252 g/mol. The number of amides is 2. The molecule has 1 aliphatic rings. The highest BCUT2D eigenvalue weighted by atomic mass is 16.2. The molecule has 0 N–H and O–H groups in total. The molecule has 0 aliphatic heterocycles. The average Bonchev–Trinajstić information content (AvgIpc) is 2.46. The van der Waals surface area contributed by atoms with Crippen molar-refractivity contribution < 1.29 is 9.59 Å². The standard InChI is InChI=1S/C16H30N2O2/c1-5-11-17(3)15(19)13-9-7-8-10-14(13)16(20)18(4)12-6-2/h13-14H,5-12H2,1-4H3/t13-,14-/m1/s1. The van der Waals surface area contributed by atoms with Gasteiger partial charge >= 0.3 is 0 Å². The summed E-state index contributed by atoms with van der Waals surface area (Å²) in [6, 6.07) is 0. The van der Waals surface area contributed by atoms with Gasteiger partial charge in [0.05, 0.1) is 0 Å². The van der Waals surface area contributed by atoms with Gasteiger partial charge < -0.3 is 9.80 Å². The van der Waals surface area contributed by atoms with Crippen LogP contribution in [0.5, 0.6) is 0 Å². The lowest BCUT2D eigenvalue weighted by atomic mass is 9.77. The van der Waals surface area contributed by atoms with Gasteiger partial charge in [-0.05, 0) is 25.7 Å². The fourth-order valence-electron chi connectivity index (χ4n) is 3.18. The van der Waals surface area contributed by atoms with Crippen molar-refractivity contribution in [1.29, 1.82) is 0 Å². The molecule has 20 heavy (non-hydrogen) atoms. The molecule has 0 aromatic heterocycles. The van der Waals surface area contributed by atoms with Crippen molar-refractivity contribution >= 4 is 11.8 Å². The highest BCUT2D eigenvalue weighted by molar-refractivity contribution is 5.87. The molecule has 2 atom stereocenters. The van der Waals surface area contributed by atoms with Gasteiger partial charge in [0.1, 0.15) is 0 Å². The Balaban J connectivity index is 2.75. The molecule has 0 heterocycles. The molecule has 1 fully saturated rings. The molecule has 4 nitrogen and oxygen atoms in total. The normalized spacial score (nSPS) is 22.4. The van der Waals surface area contributed by atoms with E-state index in [2.05, 4.69) is 13.8 Å². The Morgan fingerprint density at radius 3 is 1.50 bits per heavy atom. The van der Waals surface area contributed by atoms with Crippen LogP contribution in [0.3, 0.4) is 0 Å². The maximum absolute atomic E-state index is 12.5. The molecule has 1 rings (SSSR count). The first-order valence-corrected chi connectivity index (χ1v) is 8.02. The fourth-order valence-corrected chi connectivity index (χ4v) is 3.18. The third kappa shape index (κ3) is 4.22. The third-order valence-corrected chi connectivity index (χ3v) is 4.27. The molecule has 0 bridgehead atoms. The minimum absolute atomic E-state index is 0.105. The maximum atomic E-state index is 12.5. The Hall–Kier alpha value is -1.06. The first kappa shape index (κ1) is 17.0. The summed E-state index contributed by atoms with van der Waals surface area (Å²) in [5.41, 5.74) is 0. The second-order valence-electron chi connectivity index (χ2n) is 6.02. The van der Waals surface area contributed by atoms with Crippen LogP contribution in [0, 0.1) is 11.8 Å². The molecule has 0 unspecified atom stereocenters. The molecule has 0 spiro atoms. The first-order valence-electron chi connectivity index (χ1n) is 8.02. The van der Waals surface area contributed by atoms with Gasteiger partial charge in [0, 0.05) is 39.0 Å². The molecule has 1 aliphatic carbocycles. The van der Waals surface area contributed by atoms with Crippen molar-refractivity contribution in [2.45, 2.75) is 52.4 Å². The lowest BCUT2D eigenvalue weighted by Gasteiger charge is -2.34. The Kier molecular flexibility index (Phi) is 7.03. The average molecular weight is 282 g/mol. The van der Waals surface area contributed by atoms with Gasteiger partial charge in [-0.2, -0.15) is 0 Å². The lowest BCUT2D eigenvalue weighted by Crippen LogP contribution is -2.45. The Bertz CT molecular complexity index is 298. The second kappa shape index (κ2) is 8.28. The monoisotopic (exact) mass is 282 g/mol. The van der Waals surface area contributed by atoms with E-state index in [1.54, 1.807) is 9.80 Å². The van der Waals surface area contributed by atoms with Crippen LogP contribution in [0.25, 0.3) is 0 Å². The largest absolute Gasteiger partial charge is 0.346 e. The van der Waals surface area contributed by atoms with Crippen LogP contribution in [-0.2, 0) is 9.59 Å². The van der Waals surface area contributed by atoms with E-state index in [4.69, 9.17) is 0 Å². The lowest BCUT2D eigenvalue weighted by molar-refractivity contribution is -0.146. The fraction of sp³-hybridized carbons (Fsp3) is 0.875. The molecule has 116 valence electrons. The van der Waals surface area contributed by atoms with Gasteiger partial charge in [-0.1, -0.05) is 26.7 Å². The number of hydrogen-bond donors (Lipinski definition) is 0. The first-order chi connectivity index (χ1) is 9.52. The van der Waals surface area contributed by atoms with Crippen molar-refractivity contribution in [3.63, 3.8) is 0 Å². The zero-order valence-electron chi connectivity index (χ0n) is 13.5. The van der Waals surface area contributed by atoms with Gasteiger partial charge in [0.25, 0.3) is 0 Å². The number of rotatable bonds is 6. The van der Waals surface area contributed by atoms with Gasteiger partial charge in [0.2, 0.25) is 11.8 Å². The summed E-state index contributed by atoms with van der Waals surface area (Å²) < 4.78 is 0. The Morgan fingerprint density at radius 1 is 0.850 bits per heavy atom. The van der Waals surface area contributed by atoms with Crippen molar-refractivity contribution in [3.8, 4) is 0 Å². The Labute approximate surface area is 123 Å². The minimum Gasteiger partial charge on any atom is -0.346 e. The number of hydrogen-bond acceptors (Lipinski definition) is 2. The highest BCUT2D eigenvalue weighted by Gasteiger charge is 2.37. The van der Waals surface area contributed by atoms with Crippen molar-refractivity contribution in [2.24, 2.45) is 11.8 Å². The number of carbonyl (C=O) groups excluding carboxylic acids is 2. The van der Waals surface area contributed by atoms with E-state index in [0.717, 1.165) is 51.6 Å². The minimum atomic E-state index is -0.105. The highest BCUT2D eigenvalue weighted by Crippen LogP contribution is 2.32. The molecule has 0 radical (unpaired) electrons.